The van der Waals surface area contributed by atoms with Gasteiger partial charge < -0.3 is 9.53 Å². The van der Waals surface area contributed by atoms with Gasteiger partial charge in [-0.15, -0.1) is 0 Å². The molecule has 0 saturated heterocycles. The molecule has 0 radical (unpaired) electrons. The lowest BCUT2D eigenvalue weighted by molar-refractivity contribution is -0.111. The molecule has 1 unspecified atom stereocenters. The smallest absolute Gasteiger partial charge is 0.343 e. The summed E-state index contributed by atoms with van der Waals surface area (Å²) in [6.45, 7) is 13.7. The van der Waals surface area contributed by atoms with Crippen LogP contribution < -0.4 is 0 Å². The van der Waals surface area contributed by atoms with Gasteiger partial charge in [0.1, 0.15) is 27.1 Å². The molecule has 1 aromatic rings. The SMILES string of the molecule is CCOC(=O)c1c(Br)nn(C(C=O)CCC[Si](C)(C)C(C)(C)C)c1Br. The van der Waals surface area contributed by atoms with E-state index in [9.17, 15) is 9.59 Å². The van der Waals surface area contributed by atoms with Gasteiger partial charge >= 0.3 is 5.97 Å². The summed E-state index contributed by atoms with van der Waals surface area (Å²) >= 11 is 6.69. The molecule has 8 heteroatoms. The predicted octanol–water partition coefficient (Wildman–Crippen LogP) is 5.61. The van der Waals surface area contributed by atoms with E-state index in [1.807, 2.05) is 0 Å². The monoisotopic (exact) mass is 494 g/mol. The Hall–Kier alpha value is -0.473. The maximum Gasteiger partial charge on any atom is 0.343 e. The molecule has 0 bridgehead atoms. The number of ether oxygens (including phenoxy) is 1. The van der Waals surface area contributed by atoms with Crippen LogP contribution in [0.15, 0.2) is 9.21 Å². The summed E-state index contributed by atoms with van der Waals surface area (Å²) in [5.41, 5.74) is 0.318. The van der Waals surface area contributed by atoms with Crippen molar-refractivity contribution in [2.24, 2.45) is 0 Å². The number of aldehydes is 1. The standard InChI is InChI=1S/C17H28Br2N2O3Si/c1-7-24-16(23)13-14(18)20-21(15(13)19)12(11-22)9-8-10-25(5,6)17(2,3)4/h11-12H,7-10H2,1-6H3. The van der Waals surface area contributed by atoms with E-state index >= 15 is 0 Å². The minimum atomic E-state index is -1.37. The van der Waals surface area contributed by atoms with Gasteiger partial charge in [0, 0.05) is 0 Å². The van der Waals surface area contributed by atoms with Crippen LogP contribution in [0.25, 0.3) is 0 Å². The Morgan fingerprint density at radius 1 is 1.36 bits per heavy atom. The average Bonchev–Trinajstić information content (AvgIpc) is 2.77. The third-order valence-corrected chi connectivity index (χ3v) is 12.1. The molecule has 1 rings (SSSR count). The Labute approximate surface area is 168 Å². The molecular weight excluding hydrogens is 468 g/mol. The molecule has 142 valence electrons. The summed E-state index contributed by atoms with van der Waals surface area (Å²) in [7, 11) is -1.37. The van der Waals surface area contributed by atoms with E-state index in [2.05, 4.69) is 70.8 Å². The summed E-state index contributed by atoms with van der Waals surface area (Å²) in [5.74, 6) is -0.460. The molecule has 0 N–H and O–H groups in total. The summed E-state index contributed by atoms with van der Waals surface area (Å²) in [5, 5.41) is 4.64. The highest BCUT2D eigenvalue weighted by Crippen LogP contribution is 2.40. The zero-order valence-electron chi connectivity index (χ0n) is 15.9. The maximum atomic E-state index is 12.0. The van der Waals surface area contributed by atoms with Crippen molar-refractivity contribution in [1.82, 2.24) is 9.78 Å². The van der Waals surface area contributed by atoms with Crippen molar-refractivity contribution >= 4 is 52.2 Å². The highest BCUT2D eigenvalue weighted by Gasteiger charge is 2.34. The predicted molar refractivity (Wildman–Crippen MR) is 110 cm³/mol. The minimum absolute atomic E-state index is 0.284. The van der Waals surface area contributed by atoms with Gasteiger partial charge in [-0.2, -0.15) is 5.10 Å². The summed E-state index contributed by atoms with van der Waals surface area (Å²) < 4.78 is 7.47. The van der Waals surface area contributed by atoms with Gasteiger partial charge in [0.25, 0.3) is 0 Å². The molecule has 1 atom stereocenters. The van der Waals surface area contributed by atoms with Gasteiger partial charge in [0.15, 0.2) is 0 Å². The molecule has 0 spiro atoms. The Morgan fingerprint density at radius 2 is 1.96 bits per heavy atom. The molecule has 25 heavy (non-hydrogen) atoms. The summed E-state index contributed by atoms with van der Waals surface area (Å²) in [4.78, 5) is 23.7. The first-order chi connectivity index (χ1) is 11.5. The van der Waals surface area contributed by atoms with Crippen LogP contribution >= 0.6 is 31.9 Å². The second-order valence-electron chi connectivity index (χ2n) is 7.85. The van der Waals surface area contributed by atoms with Gasteiger partial charge in [0.2, 0.25) is 0 Å². The van der Waals surface area contributed by atoms with Crippen LogP contribution in [0.5, 0.6) is 0 Å². The first kappa shape index (κ1) is 22.6. The van der Waals surface area contributed by atoms with Crippen molar-refractivity contribution < 1.29 is 14.3 Å². The van der Waals surface area contributed by atoms with Crippen LogP contribution in [0.3, 0.4) is 0 Å². The first-order valence-electron chi connectivity index (χ1n) is 8.52. The molecule has 1 heterocycles. The van der Waals surface area contributed by atoms with Gasteiger partial charge in [-0.3, -0.25) is 0 Å². The Morgan fingerprint density at radius 3 is 2.44 bits per heavy atom. The van der Waals surface area contributed by atoms with Crippen molar-refractivity contribution in [3.05, 3.63) is 14.8 Å². The molecule has 0 saturated carbocycles. The van der Waals surface area contributed by atoms with Crippen molar-refractivity contribution in [2.75, 3.05) is 6.61 Å². The van der Waals surface area contributed by atoms with E-state index in [1.165, 1.54) is 0 Å². The van der Waals surface area contributed by atoms with Crippen LogP contribution in [-0.2, 0) is 9.53 Å². The van der Waals surface area contributed by atoms with Crippen LogP contribution in [0.2, 0.25) is 24.2 Å². The van der Waals surface area contributed by atoms with E-state index in [0.717, 1.165) is 18.8 Å². The number of carbonyl (C=O) groups excluding carboxylic acids is 2. The number of hydrogen-bond acceptors (Lipinski definition) is 4. The normalized spacial score (nSPS) is 13.6. The Bertz CT molecular complexity index is 624. The topological polar surface area (TPSA) is 61.2 Å². The van der Waals surface area contributed by atoms with Gasteiger partial charge in [0.05, 0.1) is 14.7 Å². The zero-order valence-corrected chi connectivity index (χ0v) is 20.0. The lowest BCUT2D eigenvalue weighted by atomic mass is 10.2. The van der Waals surface area contributed by atoms with E-state index in [0.29, 0.717) is 26.2 Å². The number of aromatic nitrogens is 2. The second kappa shape index (κ2) is 8.95. The Balaban J connectivity index is 2.90. The second-order valence-corrected chi connectivity index (χ2v) is 15.1. The Kier molecular flexibility index (Phi) is 8.08. The lowest BCUT2D eigenvalue weighted by Gasteiger charge is -2.37. The molecule has 0 fully saturated rings. The van der Waals surface area contributed by atoms with Gasteiger partial charge in [-0.05, 0) is 50.2 Å². The van der Waals surface area contributed by atoms with Gasteiger partial charge in [-0.1, -0.05) is 46.3 Å². The molecule has 0 amide bonds. The summed E-state index contributed by atoms with van der Waals surface area (Å²) in [6, 6.07) is 0.740. The number of carbonyl (C=O) groups is 2. The summed E-state index contributed by atoms with van der Waals surface area (Å²) in [6.07, 6.45) is 2.55. The number of rotatable bonds is 8. The average molecular weight is 496 g/mol. The maximum absolute atomic E-state index is 12.0. The van der Waals surface area contributed by atoms with Crippen molar-refractivity contribution in [1.29, 1.82) is 0 Å². The van der Waals surface area contributed by atoms with Crippen LogP contribution in [-0.4, -0.2) is 36.7 Å². The minimum Gasteiger partial charge on any atom is -0.462 e. The fraction of sp³-hybridized carbons (Fsp3) is 0.706. The molecular formula is C17H28Br2N2O3Si. The molecule has 1 aromatic heterocycles. The number of halogens is 2. The molecule has 5 nitrogen and oxygen atoms in total. The molecule has 0 aromatic carbocycles. The lowest BCUT2D eigenvalue weighted by Crippen LogP contribution is -2.36. The van der Waals surface area contributed by atoms with Crippen LogP contribution in [0.4, 0.5) is 0 Å². The molecule has 0 aliphatic heterocycles. The number of nitrogens with zero attached hydrogens (tertiary/aromatic N) is 2. The van der Waals surface area contributed by atoms with Gasteiger partial charge in [-0.25, -0.2) is 9.48 Å². The third-order valence-electron chi connectivity index (χ3n) is 5.09. The largest absolute Gasteiger partial charge is 0.462 e. The highest BCUT2D eigenvalue weighted by molar-refractivity contribution is 9.11. The fourth-order valence-corrected chi connectivity index (χ4v) is 5.67. The van der Waals surface area contributed by atoms with E-state index in [1.54, 1.807) is 11.6 Å². The van der Waals surface area contributed by atoms with E-state index in [4.69, 9.17) is 4.74 Å². The van der Waals surface area contributed by atoms with Crippen molar-refractivity contribution in [2.45, 2.75) is 70.8 Å². The van der Waals surface area contributed by atoms with E-state index < -0.39 is 20.1 Å². The van der Waals surface area contributed by atoms with Crippen LogP contribution in [0.1, 0.15) is 56.9 Å². The van der Waals surface area contributed by atoms with E-state index in [-0.39, 0.29) is 6.61 Å². The quantitative estimate of drug-likeness (QED) is 0.267. The van der Waals surface area contributed by atoms with Crippen molar-refractivity contribution in [3.63, 3.8) is 0 Å². The third kappa shape index (κ3) is 5.50. The molecule has 0 aliphatic carbocycles. The molecule has 0 aliphatic rings. The zero-order chi connectivity index (χ0) is 19.4. The van der Waals surface area contributed by atoms with Crippen LogP contribution in [0, 0.1) is 0 Å². The number of esters is 1. The van der Waals surface area contributed by atoms with Crippen molar-refractivity contribution in [3.8, 4) is 0 Å². The highest BCUT2D eigenvalue weighted by atomic mass is 79.9. The fourth-order valence-electron chi connectivity index (χ4n) is 2.36. The number of hydrogen-bond donors (Lipinski definition) is 0. The first-order valence-corrected chi connectivity index (χ1v) is 13.3.